The minimum Gasteiger partial charge on any atom is -0.507 e. The first-order valence-electron chi connectivity index (χ1n) is 7.07. The molecule has 1 aliphatic heterocycles. The van der Waals surface area contributed by atoms with Gasteiger partial charge in [-0.25, -0.2) is 0 Å². The summed E-state index contributed by atoms with van der Waals surface area (Å²) in [7, 11) is 0. The third kappa shape index (κ3) is 1.87. The normalized spacial score (nSPS) is 15.1. The third-order valence-electron chi connectivity index (χ3n) is 3.94. The Morgan fingerprint density at radius 3 is 2.45 bits per heavy atom. The van der Waals surface area contributed by atoms with E-state index in [-0.39, 0.29) is 11.7 Å². The van der Waals surface area contributed by atoms with E-state index in [1.807, 2.05) is 60.7 Å². The third-order valence-corrected chi connectivity index (χ3v) is 3.94. The van der Waals surface area contributed by atoms with Crippen molar-refractivity contribution in [3.05, 3.63) is 71.8 Å². The highest BCUT2D eigenvalue weighted by atomic mass is 16.3. The highest BCUT2D eigenvalue weighted by Crippen LogP contribution is 2.35. The lowest BCUT2D eigenvalue weighted by atomic mass is 9.99. The maximum absolute atomic E-state index is 12.2. The second-order valence-electron chi connectivity index (χ2n) is 5.28. The number of nitrogens with one attached hydrogen (secondary N) is 1. The average Bonchev–Trinajstić information content (AvgIpc) is 2.86. The monoisotopic (exact) mass is 287 g/mol. The maximum Gasteiger partial charge on any atom is 0.256 e. The second kappa shape index (κ2) is 4.74. The molecule has 0 saturated heterocycles. The number of hydrogen-bond acceptors (Lipinski definition) is 2. The van der Waals surface area contributed by atoms with E-state index in [1.54, 1.807) is 6.07 Å². The molecule has 0 radical (unpaired) electrons. The molecule has 3 aromatic carbocycles. The highest BCUT2D eigenvalue weighted by Gasteiger charge is 2.23. The number of phenols is 1. The molecule has 0 spiro atoms. The molecule has 2 N–H and O–H groups in total. The number of amides is 1. The fourth-order valence-electron chi connectivity index (χ4n) is 2.87. The van der Waals surface area contributed by atoms with Crippen LogP contribution in [0.15, 0.2) is 60.7 Å². The molecule has 0 fully saturated rings. The Morgan fingerprint density at radius 2 is 1.59 bits per heavy atom. The van der Waals surface area contributed by atoms with E-state index in [4.69, 9.17) is 0 Å². The van der Waals surface area contributed by atoms with E-state index in [9.17, 15) is 9.90 Å². The molecule has 4 rings (SSSR count). The fraction of sp³-hybridized carbons (Fsp3) is 0. The van der Waals surface area contributed by atoms with Gasteiger partial charge < -0.3 is 10.4 Å². The first-order valence-corrected chi connectivity index (χ1v) is 7.07. The van der Waals surface area contributed by atoms with Gasteiger partial charge in [-0.3, -0.25) is 4.79 Å². The number of hydrogen-bond donors (Lipinski definition) is 2. The standard InChI is InChI=1S/C19H13NO2/c21-18-10-9-12(13-5-1-2-7-15(13)18)11-16-14-6-3-4-8-17(14)20-19(16)22/h1-11,21H,(H,20,22)/b16-11-. The van der Waals surface area contributed by atoms with Crippen LogP contribution in [0, 0.1) is 0 Å². The van der Waals surface area contributed by atoms with E-state index in [0.29, 0.717) is 5.57 Å². The summed E-state index contributed by atoms with van der Waals surface area (Å²) in [5, 5.41) is 14.5. The number of carbonyl (C=O) groups excluding carboxylic acids is 1. The van der Waals surface area contributed by atoms with E-state index in [0.717, 1.165) is 27.6 Å². The fourth-order valence-corrected chi connectivity index (χ4v) is 2.87. The van der Waals surface area contributed by atoms with Crippen LogP contribution in [0.25, 0.3) is 22.4 Å². The SMILES string of the molecule is O=C1Nc2ccccc2/C1=C/c1ccc(O)c2ccccc12. The lowest BCUT2D eigenvalue weighted by Gasteiger charge is -2.05. The van der Waals surface area contributed by atoms with Crippen molar-refractivity contribution >= 4 is 34.0 Å². The summed E-state index contributed by atoms with van der Waals surface area (Å²) in [6.07, 6.45) is 1.88. The number of aromatic hydroxyl groups is 1. The number of benzene rings is 3. The van der Waals surface area contributed by atoms with Crippen LogP contribution in [-0.2, 0) is 4.79 Å². The minimum atomic E-state index is -0.0987. The van der Waals surface area contributed by atoms with Crippen LogP contribution in [0.5, 0.6) is 5.75 Å². The van der Waals surface area contributed by atoms with Crippen LogP contribution >= 0.6 is 0 Å². The van der Waals surface area contributed by atoms with E-state index < -0.39 is 0 Å². The van der Waals surface area contributed by atoms with Crippen LogP contribution < -0.4 is 5.32 Å². The molecule has 0 aromatic heterocycles. The van der Waals surface area contributed by atoms with Crippen molar-refractivity contribution in [3.8, 4) is 5.75 Å². The minimum absolute atomic E-state index is 0.0987. The quantitative estimate of drug-likeness (QED) is 0.664. The van der Waals surface area contributed by atoms with Gasteiger partial charge in [-0.1, -0.05) is 48.5 Å². The van der Waals surface area contributed by atoms with Gasteiger partial charge in [0.1, 0.15) is 5.75 Å². The maximum atomic E-state index is 12.2. The van der Waals surface area contributed by atoms with Gasteiger partial charge in [-0.2, -0.15) is 0 Å². The Kier molecular flexibility index (Phi) is 2.73. The molecule has 0 atom stereocenters. The number of anilines is 1. The van der Waals surface area contributed by atoms with Crippen LogP contribution in [0.2, 0.25) is 0 Å². The molecular weight excluding hydrogens is 274 g/mol. The smallest absolute Gasteiger partial charge is 0.256 e. The molecule has 1 amide bonds. The van der Waals surface area contributed by atoms with Gasteiger partial charge in [-0.05, 0) is 29.2 Å². The van der Waals surface area contributed by atoms with Crippen molar-refractivity contribution in [2.75, 3.05) is 5.32 Å². The Balaban J connectivity index is 1.94. The Bertz CT molecular complexity index is 941. The van der Waals surface area contributed by atoms with Gasteiger partial charge in [0.15, 0.2) is 0 Å². The summed E-state index contributed by atoms with van der Waals surface area (Å²) >= 11 is 0. The predicted octanol–water partition coefficient (Wildman–Crippen LogP) is 4.04. The molecule has 0 bridgehead atoms. The first kappa shape index (κ1) is 12.7. The van der Waals surface area contributed by atoms with Gasteiger partial charge in [-0.15, -0.1) is 0 Å². The van der Waals surface area contributed by atoms with E-state index in [1.165, 1.54) is 0 Å². The average molecular weight is 287 g/mol. The topological polar surface area (TPSA) is 49.3 Å². The van der Waals surface area contributed by atoms with Crippen LogP contribution in [0.3, 0.4) is 0 Å². The molecule has 0 aliphatic carbocycles. The van der Waals surface area contributed by atoms with Crippen molar-refractivity contribution in [3.63, 3.8) is 0 Å². The molecule has 106 valence electrons. The number of phenolic OH excluding ortho intramolecular Hbond substituents is 1. The zero-order valence-corrected chi connectivity index (χ0v) is 11.7. The predicted molar refractivity (Wildman–Crippen MR) is 88.6 cm³/mol. The van der Waals surface area contributed by atoms with Gasteiger partial charge in [0.2, 0.25) is 0 Å². The summed E-state index contributed by atoms with van der Waals surface area (Å²) in [5.41, 5.74) is 3.30. The molecular formula is C19H13NO2. The molecule has 3 nitrogen and oxygen atoms in total. The van der Waals surface area contributed by atoms with Crippen LogP contribution in [-0.4, -0.2) is 11.0 Å². The van der Waals surface area contributed by atoms with Crippen LogP contribution in [0.1, 0.15) is 11.1 Å². The summed E-state index contributed by atoms with van der Waals surface area (Å²) in [5.74, 6) is 0.146. The van der Waals surface area contributed by atoms with Crippen LogP contribution in [0.4, 0.5) is 5.69 Å². The molecule has 1 aliphatic rings. The molecule has 3 heteroatoms. The summed E-state index contributed by atoms with van der Waals surface area (Å²) in [6.45, 7) is 0. The van der Waals surface area contributed by atoms with Crippen molar-refractivity contribution in [2.24, 2.45) is 0 Å². The number of rotatable bonds is 1. The summed E-state index contributed by atoms with van der Waals surface area (Å²) in [6, 6.07) is 18.8. The summed E-state index contributed by atoms with van der Waals surface area (Å²) < 4.78 is 0. The zero-order valence-electron chi connectivity index (χ0n) is 11.7. The molecule has 0 saturated carbocycles. The lowest BCUT2D eigenvalue weighted by Crippen LogP contribution is -2.03. The molecule has 22 heavy (non-hydrogen) atoms. The lowest BCUT2D eigenvalue weighted by molar-refractivity contribution is -0.110. The van der Waals surface area contributed by atoms with Crippen molar-refractivity contribution < 1.29 is 9.90 Å². The van der Waals surface area contributed by atoms with Gasteiger partial charge in [0.25, 0.3) is 5.91 Å². The van der Waals surface area contributed by atoms with Gasteiger partial charge >= 0.3 is 0 Å². The summed E-state index contributed by atoms with van der Waals surface area (Å²) in [4.78, 5) is 12.2. The number of fused-ring (bicyclic) bond motifs is 2. The molecule has 0 unspecified atom stereocenters. The van der Waals surface area contributed by atoms with Crippen molar-refractivity contribution in [2.45, 2.75) is 0 Å². The van der Waals surface area contributed by atoms with E-state index >= 15 is 0 Å². The Labute approximate surface area is 127 Å². The highest BCUT2D eigenvalue weighted by molar-refractivity contribution is 6.35. The number of para-hydroxylation sites is 1. The Morgan fingerprint density at radius 1 is 0.864 bits per heavy atom. The molecule has 3 aromatic rings. The Hall–Kier alpha value is -3.07. The number of carbonyl (C=O) groups is 1. The zero-order chi connectivity index (χ0) is 15.1. The van der Waals surface area contributed by atoms with Crippen molar-refractivity contribution in [1.82, 2.24) is 0 Å². The van der Waals surface area contributed by atoms with E-state index in [2.05, 4.69) is 5.32 Å². The second-order valence-corrected chi connectivity index (χ2v) is 5.28. The first-order chi connectivity index (χ1) is 10.7. The van der Waals surface area contributed by atoms with Crippen molar-refractivity contribution in [1.29, 1.82) is 0 Å². The van der Waals surface area contributed by atoms with Gasteiger partial charge in [0, 0.05) is 22.2 Å². The largest absolute Gasteiger partial charge is 0.507 e. The molecule has 1 heterocycles. The van der Waals surface area contributed by atoms with Gasteiger partial charge in [0.05, 0.1) is 0 Å².